The third-order valence-corrected chi connectivity index (χ3v) is 3.80. The molecule has 0 atom stereocenters. The van der Waals surface area contributed by atoms with Gasteiger partial charge in [0, 0.05) is 11.4 Å². The summed E-state index contributed by atoms with van der Waals surface area (Å²) in [5, 5.41) is 0. The monoisotopic (exact) mass is 339 g/mol. The first kappa shape index (κ1) is 17.1. The van der Waals surface area contributed by atoms with Crippen LogP contribution in [0.4, 0.5) is 26.3 Å². The predicted molar refractivity (Wildman–Crippen MR) is 60.2 cm³/mol. The van der Waals surface area contributed by atoms with E-state index in [0.717, 1.165) is 24.3 Å². The van der Waals surface area contributed by atoms with Crippen molar-refractivity contribution in [1.82, 2.24) is 4.72 Å². The molecule has 114 valence electrons. The Kier molecular flexibility index (Phi) is 4.98. The molecule has 0 fully saturated rings. The molecule has 0 saturated carbocycles. The van der Waals surface area contributed by atoms with E-state index in [1.54, 1.807) is 0 Å². The second-order valence-corrected chi connectivity index (χ2v) is 6.36. The van der Waals surface area contributed by atoms with E-state index in [1.165, 1.54) is 4.72 Å². The highest BCUT2D eigenvalue weighted by Crippen LogP contribution is 2.36. The fourth-order valence-corrected chi connectivity index (χ4v) is 2.13. The van der Waals surface area contributed by atoms with E-state index in [-0.39, 0.29) is 22.2 Å². The summed E-state index contributed by atoms with van der Waals surface area (Å²) in [4.78, 5) is -0.153. The predicted octanol–water partition coefficient (Wildman–Crippen LogP) is 3.24. The Bertz CT molecular complexity index is 549. The van der Waals surface area contributed by atoms with Gasteiger partial charge in [-0.25, -0.2) is 13.1 Å². The molecule has 0 bridgehead atoms. The van der Waals surface area contributed by atoms with Gasteiger partial charge >= 0.3 is 21.0 Å². The molecule has 0 heterocycles. The summed E-state index contributed by atoms with van der Waals surface area (Å²) in [6, 6.07) is 4.28. The standard InChI is InChI=1S/C9H7F6NO2S2/c10-8(11,12)19-7-3-1-6(2-4-7)5-16-20(17,18)9(13,14)15/h1-4,16H,5H2. The Labute approximate surface area is 114 Å². The first-order valence-electron chi connectivity index (χ1n) is 4.81. The molecule has 11 heteroatoms. The second kappa shape index (κ2) is 5.82. The largest absolute Gasteiger partial charge is 0.511 e. The molecule has 0 saturated heterocycles. The van der Waals surface area contributed by atoms with Crippen LogP contribution in [0.15, 0.2) is 29.2 Å². The zero-order valence-corrected chi connectivity index (χ0v) is 11.1. The summed E-state index contributed by atoms with van der Waals surface area (Å²) in [5.74, 6) is 0. The van der Waals surface area contributed by atoms with Crippen LogP contribution in [-0.2, 0) is 16.6 Å². The van der Waals surface area contributed by atoms with Gasteiger partial charge in [-0.05, 0) is 29.5 Å². The van der Waals surface area contributed by atoms with E-state index in [9.17, 15) is 34.8 Å². The molecule has 0 amide bonds. The zero-order chi connectivity index (χ0) is 15.6. The first-order valence-corrected chi connectivity index (χ1v) is 7.11. The molecule has 1 aromatic rings. The maximum absolute atomic E-state index is 12.0. The van der Waals surface area contributed by atoms with Gasteiger partial charge in [0.2, 0.25) is 0 Å². The maximum atomic E-state index is 12.0. The van der Waals surface area contributed by atoms with E-state index in [0.29, 0.717) is 0 Å². The second-order valence-electron chi connectivity index (χ2n) is 3.46. The minimum Gasteiger partial charge on any atom is -0.203 e. The number of alkyl halides is 6. The van der Waals surface area contributed by atoms with Crippen molar-refractivity contribution in [2.45, 2.75) is 22.5 Å². The van der Waals surface area contributed by atoms with Crippen molar-refractivity contribution in [1.29, 1.82) is 0 Å². The molecule has 3 nitrogen and oxygen atoms in total. The van der Waals surface area contributed by atoms with E-state index < -0.39 is 27.6 Å². The van der Waals surface area contributed by atoms with E-state index in [2.05, 4.69) is 0 Å². The van der Waals surface area contributed by atoms with Crippen LogP contribution in [0.2, 0.25) is 0 Å². The highest BCUT2D eigenvalue weighted by molar-refractivity contribution is 8.00. The average Bonchev–Trinajstić information content (AvgIpc) is 2.24. The summed E-state index contributed by atoms with van der Waals surface area (Å²) in [6.45, 7) is -0.668. The Balaban J connectivity index is 2.68. The maximum Gasteiger partial charge on any atom is 0.511 e. The van der Waals surface area contributed by atoms with Gasteiger partial charge in [-0.3, -0.25) is 0 Å². The van der Waals surface area contributed by atoms with Crippen LogP contribution in [0.1, 0.15) is 5.56 Å². The van der Waals surface area contributed by atoms with Gasteiger partial charge < -0.3 is 0 Å². The summed E-state index contributed by atoms with van der Waals surface area (Å²) < 4.78 is 94.8. The van der Waals surface area contributed by atoms with Crippen molar-refractivity contribution in [3.05, 3.63) is 29.8 Å². The van der Waals surface area contributed by atoms with Crippen LogP contribution in [-0.4, -0.2) is 19.4 Å². The van der Waals surface area contributed by atoms with Crippen molar-refractivity contribution in [2.24, 2.45) is 0 Å². The molecule has 0 radical (unpaired) electrons. The van der Waals surface area contributed by atoms with Crippen molar-refractivity contribution in [3.8, 4) is 0 Å². The Morgan fingerprint density at radius 1 is 1.00 bits per heavy atom. The fraction of sp³-hybridized carbons (Fsp3) is 0.333. The summed E-state index contributed by atoms with van der Waals surface area (Å²) in [5.41, 5.74) is -9.80. The van der Waals surface area contributed by atoms with Crippen LogP contribution in [0.5, 0.6) is 0 Å². The molecule has 0 spiro atoms. The zero-order valence-electron chi connectivity index (χ0n) is 9.42. The smallest absolute Gasteiger partial charge is 0.203 e. The number of sulfonamides is 1. The number of nitrogens with one attached hydrogen (secondary N) is 1. The lowest BCUT2D eigenvalue weighted by Crippen LogP contribution is -2.35. The van der Waals surface area contributed by atoms with Crippen LogP contribution in [0.3, 0.4) is 0 Å². The third-order valence-electron chi connectivity index (χ3n) is 1.93. The molecular formula is C9H7F6NO2S2. The lowest BCUT2D eigenvalue weighted by molar-refractivity contribution is -0.0448. The SMILES string of the molecule is O=S(=O)(NCc1ccc(SC(F)(F)F)cc1)C(F)(F)F. The van der Waals surface area contributed by atoms with Crippen molar-refractivity contribution >= 4 is 21.8 Å². The van der Waals surface area contributed by atoms with E-state index in [4.69, 9.17) is 0 Å². The summed E-state index contributed by atoms with van der Waals surface area (Å²) in [6.07, 6.45) is 0. The van der Waals surface area contributed by atoms with Gasteiger partial charge in [0.15, 0.2) is 0 Å². The molecule has 0 aliphatic rings. The lowest BCUT2D eigenvalue weighted by atomic mass is 10.2. The van der Waals surface area contributed by atoms with Gasteiger partial charge in [0.1, 0.15) is 0 Å². The van der Waals surface area contributed by atoms with Gasteiger partial charge in [-0.2, -0.15) is 26.3 Å². The highest BCUT2D eigenvalue weighted by Gasteiger charge is 2.45. The van der Waals surface area contributed by atoms with Crippen molar-refractivity contribution < 1.29 is 34.8 Å². The molecular weight excluding hydrogens is 332 g/mol. The molecule has 0 aliphatic heterocycles. The van der Waals surface area contributed by atoms with Gasteiger partial charge in [-0.15, -0.1) is 0 Å². The molecule has 1 rings (SSSR count). The number of thioether (sulfide) groups is 1. The molecule has 1 aromatic carbocycles. The molecule has 0 aromatic heterocycles. The van der Waals surface area contributed by atoms with Crippen molar-refractivity contribution in [2.75, 3.05) is 0 Å². The number of hydrogen-bond donors (Lipinski definition) is 1. The number of hydrogen-bond acceptors (Lipinski definition) is 3. The minimum absolute atomic E-state index is 0.101. The summed E-state index contributed by atoms with van der Waals surface area (Å²) >= 11 is -0.381. The lowest BCUT2D eigenvalue weighted by Gasteiger charge is -2.10. The van der Waals surface area contributed by atoms with Gasteiger partial charge in [-0.1, -0.05) is 12.1 Å². The Morgan fingerprint density at radius 2 is 1.50 bits per heavy atom. The normalized spacial score (nSPS) is 13.5. The Hall–Kier alpha value is -0.940. The third kappa shape index (κ3) is 5.21. The topological polar surface area (TPSA) is 46.2 Å². The Morgan fingerprint density at radius 3 is 1.90 bits per heavy atom. The quantitative estimate of drug-likeness (QED) is 0.677. The first-order chi connectivity index (χ1) is 8.91. The number of halogens is 6. The van der Waals surface area contributed by atoms with Crippen LogP contribution in [0.25, 0.3) is 0 Å². The molecule has 0 aliphatic carbocycles. The van der Waals surface area contributed by atoms with Crippen LogP contribution < -0.4 is 4.72 Å². The van der Waals surface area contributed by atoms with Crippen molar-refractivity contribution in [3.63, 3.8) is 0 Å². The molecule has 0 unspecified atom stereocenters. The fourth-order valence-electron chi connectivity index (χ4n) is 1.07. The van der Waals surface area contributed by atoms with Gasteiger partial charge in [0.25, 0.3) is 0 Å². The number of rotatable bonds is 4. The summed E-state index contributed by atoms with van der Waals surface area (Å²) in [7, 11) is -5.47. The van der Waals surface area contributed by atoms with E-state index in [1.807, 2.05) is 0 Å². The van der Waals surface area contributed by atoms with E-state index >= 15 is 0 Å². The molecule has 20 heavy (non-hydrogen) atoms. The number of benzene rings is 1. The minimum atomic E-state index is -5.47. The van der Waals surface area contributed by atoms with Crippen LogP contribution in [0, 0.1) is 0 Å². The van der Waals surface area contributed by atoms with Crippen LogP contribution >= 0.6 is 11.8 Å². The highest BCUT2D eigenvalue weighted by atomic mass is 32.2. The van der Waals surface area contributed by atoms with Gasteiger partial charge in [0.05, 0.1) is 0 Å². The molecule has 1 N–H and O–H groups in total. The average molecular weight is 339 g/mol.